The van der Waals surface area contributed by atoms with Gasteiger partial charge in [-0.2, -0.15) is 0 Å². The maximum atomic E-state index is 12.4. The average Bonchev–Trinajstić information content (AvgIpc) is 2.52. The summed E-state index contributed by atoms with van der Waals surface area (Å²) in [6.45, 7) is 3.63. The number of likely N-dealkylation sites (N-methyl/N-ethyl adjacent to an activating group) is 1. The van der Waals surface area contributed by atoms with Gasteiger partial charge in [0.1, 0.15) is 12.1 Å². The van der Waals surface area contributed by atoms with Crippen molar-refractivity contribution < 1.29 is 9.53 Å². The lowest BCUT2D eigenvalue weighted by atomic mass is 10.1. The van der Waals surface area contributed by atoms with Crippen molar-refractivity contribution in [2.75, 3.05) is 20.7 Å². The van der Waals surface area contributed by atoms with Gasteiger partial charge in [0.2, 0.25) is 0 Å². The van der Waals surface area contributed by atoms with E-state index in [1.54, 1.807) is 37.1 Å². The molecule has 0 spiro atoms. The molecule has 2 aromatic rings. The van der Waals surface area contributed by atoms with E-state index in [0.29, 0.717) is 5.75 Å². The van der Waals surface area contributed by atoms with Gasteiger partial charge in [-0.25, -0.2) is 9.97 Å². The van der Waals surface area contributed by atoms with Crippen molar-refractivity contribution in [3.8, 4) is 5.75 Å². The van der Waals surface area contributed by atoms with Crippen molar-refractivity contribution in [1.82, 2.24) is 19.4 Å². The zero-order valence-electron chi connectivity index (χ0n) is 13.7. The van der Waals surface area contributed by atoms with E-state index in [2.05, 4.69) is 9.97 Å². The van der Waals surface area contributed by atoms with E-state index in [0.717, 1.165) is 11.3 Å². The highest BCUT2D eigenvalue weighted by Gasteiger charge is 2.14. The zero-order valence-corrected chi connectivity index (χ0v) is 13.7. The Labute approximate surface area is 134 Å². The Hall–Kier alpha value is -2.70. The van der Waals surface area contributed by atoms with Crippen LogP contribution in [-0.2, 0) is 4.79 Å². The predicted molar refractivity (Wildman–Crippen MR) is 85.5 cm³/mol. The van der Waals surface area contributed by atoms with Gasteiger partial charge in [-0.05, 0) is 19.9 Å². The molecule has 0 aliphatic carbocycles. The van der Waals surface area contributed by atoms with Gasteiger partial charge in [0.25, 0.3) is 11.5 Å². The van der Waals surface area contributed by atoms with Crippen molar-refractivity contribution in [2.45, 2.75) is 19.9 Å². The van der Waals surface area contributed by atoms with Gasteiger partial charge < -0.3 is 14.2 Å². The molecule has 0 saturated carbocycles. The van der Waals surface area contributed by atoms with Gasteiger partial charge in [-0.3, -0.25) is 9.59 Å². The number of carbonyl (C=O) groups excluding carboxylic acids is 1. The molecule has 0 saturated heterocycles. The van der Waals surface area contributed by atoms with Crippen molar-refractivity contribution >= 4 is 5.91 Å². The third kappa shape index (κ3) is 3.94. The van der Waals surface area contributed by atoms with Gasteiger partial charge >= 0.3 is 0 Å². The molecule has 0 bridgehead atoms. The fourth-order valence-corrected chi connectivity index (χ4v) is 2.21. The second kappa shape index (κ2) is 7.04. The van der Waals surface area contributed by atoms with Crippen LogP contribution in [0.4, 0.5) is 0 Å². The SMILES string of the molecule is Cc1cc(OCC(=O)N(C)C)cc(=O)n1[C@H](C)c1cncnc1. The normalized spacial score (nSPS) is 11.8. The minimum absolute atomic E-state index is 0.0992. The first-order valence-corrected chi connectivity index (χ1v) is 7.21. The van der Waals surface area contributed by atoms with Crippen LogP contribution in [0.3, 0.4) is 0 Å². The number of hydrogen-bond donors (Lipinski definition) is 0. The topological polar surface area (TPSA) is 77.3 Å². The molecule has 2 rings (SSSR count). The van der Waals surface area contributed by atoms with Crippen molar-refractivity contribution in [1.29, 1.82) is 0 Å². The smallest absolute Gasteiger partial charge is 0.259 e. The molecule has 7 heteroatoms. The van der Waals surface area contributed by atoms with Crippen molar-refractivity contribution in [2.24, 2.45) is 0 Å². The quantitative estimate of drug-likeness (QED) is 0.823. The van der Waals surface area contributed by atoms with Crippen LogP contribution in [0.25, 0.3) is 0 Å². The number of nitrogens with zero attached hydrogens (tertiary/aromatic N) is 4. The Morgan fingerprint density at radius 2 is 1.96 bits per heavy atom. The minimum Gasteiger partial charge on any atom is -0.484 e. The summed E-state index contributed by atoms with van der Waals surface area (Å²) in [5.41, 5.74) is 1.38. The Kier molecular flexibility index (Phi) is 5.10. The van der Waals surface area contributed by atoms with Gasteiger partial charge in [-0.15, -0.1) is 0 Å². The van der Waals surface area contributed by atoms with Crippen LogP contribution in [-0.4, -0.2) is 46.0 Å². The van der Waals surface area contributed by atoms with Gasteiger partial charge in [0.05, 0.1) is 6.04 Å². The number of amides is 1. The van der Waals surface area contributed by atoms with Gasteiger partial charge in [0.15, 0.2) is 6.61 Å². The van der Waals surface area contributed by atoms with Crippen LogP contribution >= 0.6 is 0 Å². The Balaban J connectivity index is 2.24. The van der Waals surface area contributed by atoms with E-state index in [1.807, 2.05) is 13.8 Å². The van der Waals surface area contributed by atoms with Crippen LogP contribution in [0.15, 0.2) is 35.6 Å². The van der Waals surface area contributed by atoms with Gasteiger partial charge in [-0.1, -0.05) is 0 Å². The van der Waals surface area contributed by atoms with E-state index in [1.165, 1.54) is 17.3 Å². The Morgan fingerprint density at radius 1 is 1.30 bits per heavy atom. The minimum atomic E-state index is -0.200. The maximum Gasteiger partial charge on any atom is 0.259 e. The molecular formula is C16H20N4O3. The Morgan fingerprint density at radius 3 is 2.52 bits per heavy atom. The summed E-state index contributed by atoms with van der Waals surface area (Å²) in [6, 6.07) is 2.93. The number of hydrogen-bond acceptors (Lipinski definition) is 5. The standard InChI is InChI=1S/C16H20N4O3/c1-11-5-14(23-9-16(22)19(3)4)6-15(21)20(11)12(2)13-7-17-10-18-8-13/h5-8,10,12H,9H2,1-4H3/t12-/m1/s1. The average molecular weight is 316 g/mol. The summed E-state index contributed by atoms with van der Waals surface area (Å²) >= 11 is 0. The summed E-state index contributed by atoms with van der Waals surface area (Å²) < 4.78 is 7.04. The zero-order chi connectivity index (χ0) is 17.0. The maximum absolute atomic E-state index is 12.4. The first-order chi connectivity index (χ1) is 10.9. The molecule has 2 aromatic heterocycles. The molecule has 23 heavy (non-hydrogen) atoms. The largest absolute Gasteiger partial charge is 0.484 e. The first kappa shape index (κ1) is 16.7. The molecule has 0 unspecified atom stereocenters. The lowest BCUT2D eigenvalue weighted by Crippen LogP contribution is -2.29. The second-order valence-electron chi connectivity index (χ2n) is 5.47. The molecule has 0 radical (unpaired) electrons. The third-order valence-electron chi connectivity index (χ3n) is 3.55. The van der Waals surface area contributed by atoms with Crippen LogP contribution in [0, 0.1) is 6.92 Å². The van der Waals surface area contributed by atoms with Crippen molar-refractivity contribution in [3.63, 3.8) is 0 Å². The predicted octanol–water partition coefficient (Wildman–Crippen LogP) is 1.02. The molecule has 0 aliphatic rings. The number of rotatable bonds is 5. The number of aromatic nitrogens is 3. The highest BCUT2D eigenvalue weighted by Crippen LogP contribution is 2.18. The summed E-state index contributed by atoms with van der Waals surface area (Å²) in [5, 5.41) is 0. The summed E-state index contributed by atoms with van der Waals surface area (Å²) in [4.78, 5) is 33.3. The molecule has 2 heterocycles. The molecular weight excluding hydrogens is 296 g/mol. The summed E-state index contributed by atoms with van der Waals surface area (Å²) in [5.74, 6) is 0.220. The molecule has 1 amide bonds. The summed E-state index contributed by atoms with van der Waals surface area (Å²) in [7, 11) is 3.30. The van der Waals surface area contributed by atoms with Crippen LogP contribution in [0.5, 0.6) is 5.75 Å². The van der Waals surface area contributed by atoms with E-state index in [-0.39, 0.29) is 24.1 Å². The summed E-state index contributed by atoms with van der Waals surface area (Å²) in [6.07, 6.45) is 4.82. The molecule has 1 atom stereocenters. The number of pyridine rings is 1. The number of ether oxygens (including phenoxy) is 1. The van der Waals surface area contributed by atoms with E-state index < -0.39 is 0 Å². The monoisotopic (exact) mass is 316 g/mol. The van der Waals surface area contributed by atoms with Crippen LogP contribution in [0.2, 0.25) is 0 Å². The molecule has 0 aliphatic heterocycles. The van der Waals surface area contributed by atoms with Gasteiger partial charge in [0, 0.05) is 43.8 Å². The highest BCUT2D eigenvalue weighted by molar-refractivity contribution is 5.77. The Bertz CT molecular complexity index is 741. The van der Waals surface area contributed by atoms with Crippen LogP contribution < -0.4 is 10.3 Å². The number of carbonyl (C=O) groups is 1. The lowest BCUT2D eigenvalue weighted by molar-refractivity contribution is -0.130. The van der Waals surface area contributed by atoms with E-state index in [9.17, 15) is 9.59 Å². The number of aryl methyl sites for hydroxylation is 1. The van der Waals surface area contributed by atoms with E-state index in [4.69, 9.17) is 4.74 Å². The third-order valence-corrected chi connectivity index (χ3v) is 3.55. The lowest BCUT2D eigenvalue weighted by Gasteiger charge is -2.19. The van der Waals surface area contributed by atoms with Crippen LogP contribution in [0.1, 0.15) is 24.2 Å². The molecule has 0 fully saturated rings. The van der Waals surface area contributed by atoms with Crippen molar-refractivity contribution in [3.05, 3.63) is 52.5 Å². The molecule has 0 aromatic carbocycles. The molecule has 0 N–H and O–H groups in total. The fourth-order valence-electron chi connectivity index (χ4n) is 2.21. The second-order valence-corrected chi connectivity index (χ2v) is 5.47. The first-order valence-electron chi connectivity index (χ1n) is 7.21. The fraction of sp³-hybridized carbons (Fsp3) is 0.375. The highest BCUT2D eigenvalue weighted by atomic mass is 16.5. The van der Waals surface area contributed by atoms with E-state index >= 15 is 0 Å². The molecule has 7 nitrogen and oxygen atoms in total. The molecule has 122 valence electrons.